The van der Waals surface area contributed by atoms with Gasteiger partial charge in [0, 0.05) is 23.2 Å². The number of imide groups is 1. The first-order chi connectivity index (χ1) is 12.6. The third-order valence-electron chi connectivity index (χ3n) is 5.32. The highest BCUT2D eigenvalue weighted by molar-refractivity contribution is 7.10. The first-order valence-corrected chi connectivity index (χ1v) is 9.93. The van der Waals surface area contributed by atoms with Crippen LogP contribution in [-0.4, -0.2) is 41.0 Å². The SMILES string of the molecule is Cc1ccc(N2C(=O)N(CN3CCC[C@@H]3c3cccs3)C(=O)[C@@H]2C)cc1. The van der Waals surface area contributed by atoms with Gasteiger partial charge in [0.25, 0.3) is 5.91 Å². The van der Waals surface area contributed by atoms with E-state index in [0.29, 0.717) is 12.7 Å². The summed E-state index contributed by atoms with van der Waals surface area (Å²) < 4.78 is 0. The Morgan fingerprint density at radius 1 is 1.15 bits per heavy atom. The largest absolute Gasteiger partial charge is 0.333 e. The molecule has 136 valence electrons. The molecule has 6 heteroatoms. The molecule has 2 saturated heterocycles. The molecule has 0 N–H and O–H groups in total. The summed E-state index contributed by atoms with van der Waals surface area (Å²) >= 11 is 1.74. The molecule has 3 amide bonds. The van der Waals surface area contributed by atoms with Crippen LogP contribution in [0.25, 0.3) is 0 Å². The standard InChI is InChI=1S/C20H23N3O2S/c1-14-7-9-16(10-8-14)23-15(2)19(24)22(20(23)25)13-21-11-3-5-17(21)18-6-4-12-26-18/h4,6-10,12,15,17H,3,5,11,13H2,1-2H3/t15-,17+/m0/s1. The van der Waals surface area contributed by atoms with Crippen LogP contribution in [0.15, 0.2) is 41.8 Å². The summed E-state index contributed by atoms with van der Waals surface area (Å²) in [6, 6.07) is 11.6. The molecule has 0 saturated carbocycles. The lowest BCUT2D eigenvalue weighted by atomic mass is 10.2. The molecule has 1 aromatic carbocycles. The molecular formula is C20H23N3O2S. The van der Waals surface area contributed by atoms with Crippen molar-refractivity contribution in [3.63, 3.8) is 0 Å². The Bertz CT molecular complexity index is 803. The van der Waals surface area contributed by atoms with Gasteiger partial charge in [0.1, 0.15) is 6.04 Å². The number of likely N-dealkylation sites (tertiary alicyclic amines) is 1. The Labute approximate surface area is 157 Å². The maximum absolute atomic E-state index is 13.0. The van der Waals surface area contributed by atoms with Gasteiger partial charge < -0.3 is 0 Å². The minimum Gasteiger partial charge on any atom is -0.282 e. The second kappa shape index (κ2) is 6.85. The van der Waals surface area contributed by atoms with Crippen molar-refractivity contribution in [1.29, 1.82) is 0 Å². The fourth-order valence-electron chi connectivity index (χ4n) is 3.88. The lowest BCUT2D eigenvalue weighted by Gasteiger charge is -2.27. The third-order valence-corrected chi connectivity index (χ3v) is 6.29. The van der Waals surface area contributed by atoms with E-state index in [9.17, 15) is 9.59 Å². The topological polar surface area (TPSA) is 43.9 Å². The summed E-state index contributed by atoms with van der Waals surface area (Å²) in [5.74, 6) is -0.118. The van der Waals surface area contributed by atoms with Gasteiger partial charge in [0.05, 0.1) is 6.67 Å². The number of nitrogens with zero attached hydrogens (tertiary/aromatic N) is 3. The van der Waals surface area contributed by atoms with Crippen molar-refractivity contribution in [2.45, 2.75) is 38.8 Å². The summed E-state index contributed by atoms with van der Waals surface area (Å²) in [5.41, 5.74) is 1.91. The van der Waals surface area contributed by atoms with Crippen LogP contribution in [0.5, 0.6) is 0 Å². The number of rotatable bonds is 4. The van der Waals surface area contributed by atoms with Gasteiger partial charge in [0.15, 0.2) is 0 Å². The summed E-state index contributed by atoms with van der Waals surface area (Å²) in [6.07, 6.45) is 2.17. The number of carbonyl (C=O) groups excluding carboxylic acids is 2. The Balaban J connectivity index is 1.54. The molecule has 0 spiro atoms. The van der Waals surface area contributed by atoms with E-state index in [4.69, 9.17) is 0 Å². The van der Waals surface area contributed by atoms with E-state index in [1.807, 2.05) is 31.2 Å². The molecule has 5 nitrogen and oxygen atoms in total. The van der Waals surface area contributed by atoms with Crippen molar-refractivity contribution in [2.75, 3.05) is 18.1 Å². The van der Waals surface area contributed by atoms with Gasteiger partial charge in [-0.15, -0.1) is 11.3 Å². The third kappa shape index (κ3) is 2.93. The Kier molecular flexibility index (Phi) is 4.54. The second-order valence-electron chi connectivity index (χ2n) is 7.06. The van der Waals surface area contributed by atoms with Crippen LogP contribution in [0, 0.1) is 6.92 Å². The second-order valence-corrected chi connectivity index (χ2v) is 8.04. The first-order valence-electron chi connectivity index (χ1n) is 9.05. The molecular weight excluding hydrogens is 346 g/mol. The molecule has 0 radical (unpaired) electrons. The van der Waals surface area contributed by atoms with Gasteiger partial charge in [-0.1, -0.05) is 23.8 Å². The average Bonchev–Trinajstić information content (AvgIpc) is 3.35. The van der Waals surface area contributed by atoms with E-state index in [-0.39, 0.29) is 11.9 Å². The van der Waals surface area contributed by atoms with Crippen LogP contribution in [0.2, 0.25) is 0 Å². The van der Waals surface area contributed by atoms with Crippen molar-refractivity contribution in [3.05, 3.63) is 52.2 Å². The van der Waals surface area contributed by atoms with Crippen LogP contribution >= 0.6 is 11.3 Å². The zero-order chi connectivity index (χ0) is 18.3. The van der Waals surface area contributed by atoms with E-state index in [1.165, 1.54) is 9.78 Å². The Morgan fingerprint density at radius 3 is 2.62 bits per heavy atom. The lowest BCUT2D eigenvalue weighted by Crippen LogP contribution is -2.42. The minimum atomic E-state index is -0.465. The van der Waals surface area contributed by atoms with E-state index in [1.54, 1.807) is 23.2 Å². The normalized spacial score (nSPS) is 24.1. The molecule has 0 unspecified atom stereocenters. The molecule has 2 atom stereocenters. The molecule has 2 aliphatic rings. The molecule has 26 heavy (non-hydrogen) atoms. The van der Waals surface area contributed by atoms with Gasteiger partial charge in [-0.2, -0.15) is 0 Å². The zero-order valence-electron chi connectivity index (χ0n) is 15.1. The van der Waals surface area contributed by atoms with Crippen molar-refractivity contribution in [3.8, 4) is 0 Å². The van der Waals surface area contributed by atoms with Crippen molar-refractivity contribution >= 4 is 29.0 Å². The van der Waals surface area contributed by atoms with Gasteiger partial charge >= 0.3 is 6.03 Å². The number of thiophene rings is 1. The number of anilines is 1. The summed E-state index contributed by atoms with van der Waals surface area (Å²) in [4.78, 5) is 32.4. The van der Waals surface area contributed by atoms with Crippen molar-refractivity contribution in [2.24, 2.45) is 0 Å². The molecule has 2 aliphatic heterocycles. The fourth-order valence-corrected chi connectivity index (χ4v) is 4.77. The van der Waals surface area contributed by atoms with Crippen LogP contribution in [0.3, 0.4) is 0 Å². The van der Waals surface area contributed by atoms with Gasteiger partial charge in [-0.3, -0.25) is 14.6 Å². The predicted octanol–water partition coefficient (Wildman–Crippen LogP) is 4.01. The van der Waals surface area contributed by atoms with Crippen molar-refractivity contribution in [1.82, 2.24) is 9.80 Å². The Hall–Kier alpha value is -2.18. The van der Waals surface area contributed by atoms with E-state index in [2.05, 4.69) is 22.4 Å². The molecule has 4 rings (SSSR count). The summed E-state index contributed by atoms with van der Waals surface area (Å²) in [6.45, 7) is 5.10. The quantitative estimate of drug-likeness (QED) is 0.765. The number of hydrogen-bond acceptors (Lipinski definition) is 4. The van der Waals surface area contributed by atoms with Crippen LogP contribution in [0.4, 0.5) is 10.5 Å². The zero-order valence-corrected chi connectivity index (χ0v) is 15.9. The number of urea groups is 1. The maximum Gasteiger partial charge on any atom is 0.333 e. The van der Waals surface area contributed by atoms with Crippen LogP contribution in [0.1, 0.15) is 36.2 Å². The number of aryl methyl sites for hydroxylation is 1. The van der Waals surface area contributed by atoms with Gasteiger partial charge in [0.2, 0.25) is 0 Å². The van der Waals surface area contributed by atoms with Crippen LogP contribution in [-0.2, 0) is 4.79 Å². The fraction of sp³-hybridized carbons (Fsp3) is 0.400. The smallest absolute Gasteiger partial charge is 0.282 e. The van der Waals surface area contributed by atoms with Crippen molar-refractivity contribution < 1.29 is 9.59 Å². The van der Waals surface area contributed by atoms with E-state index < -0.39 is 6.04 Å². The number of benzene rings is 1. The number of amides is 3. The lowest BCUT2D eigenvalue weighted by molar-refractivity contribution is -0.128. The minimum absolute atomic E-state index is 0.118. The first kappa shape index (κ1) is 17.2. The summed E-state index contributed by atoms with van der Waals surface area (Å²) in [7, 11) is 0. The molecule has 1 aromatic heterocycles. The van der Waals surface area contributed by atoms with E-state index in [0.717, 1.165) is 30.6 Å². The maximum atomic E-state index is 13.0. The summed E-state index contributed by atoms with van der Waals surface area (Å²) in [5, 5.41) is 2.08. The monoisotopic (exact) mass is 369 g/mol. The van der Waals surface area contributed by atoms with Gasteiger partial charge in [-0.25, -0.2) is 9.69 Å². The van der Waals surface area contributed by atoms with Gasteiger partial charge in [-0.05, 0) is 50.3 Å². The molecule has 0 aliphatic carbocycles. The highest BCUT2D eigenvalue weighted by atomic mass is 32.1. The Morgan fingerprint density at radius 2 is 1.92 bits per heavy atom. The highest BCUT2D eigenvalue weighted by Gasteiger charge is 2.44. The molecule has 2 fully saturated rings. The molecule has 3 heterocycles. The number of hydrogen-bond donors (Lipinski definition) is 0. The highest BCUT2D eigenvalue weighted by Crippen LogP contribution is 2.35. The molecule has 0 bridgehead atoms. The average molecular weight is 369 g/mol. The predicted molar refractivity (Wildman–Crippen MR) is 103 cm³/mol. The van der Waals surface area contributed by atoms with E-state index >= 15 is 0 Å². The van der Waals surface area contributed by atoms with Crippen LogP contribution < -0.4 is 4.90 Å². The molecule has 2 aromatic rings. The number of carbonyl (C=O) groups is 2.